The molecule has 9 nitrogen and oxygen atoms in total. The molecule has 2 aromatic heterocycles. The van der Waals surface area contributed by atoms with Gasteiger partial charge in [0.2, 0.25) is 5.71 Å². The van der Waals surface area contributed by atoms with E-state index in [4.69, 9.17) is 24.4 Å². The van der Waals surface area contributed by atoms with E-state index >= 15 is 0 Å². The molecule has 0 saturated carbocycles. The first-order chi connectivity index (χ1) is 14.0. The van der Waals surface area contributed by atoms with Crippen LogP contribution in [0.15, 0.2) is 34.7 Å². The number of nitrogen functional groups attached to an aromatic ring is 1. The van der Waals surface area contributed by atoms with Gasteiger partial charge in [0.05, 0.1) is 25.0 Å². The van der Waals surface area contributed by atoms with Gasteiger partial charge in [-0.1, -0.05) is 18.2 Å². The average molecular weight is 399 g/mol. The highest BCUT2D eigenvalue weighted by molar-refractivity contribution is 6.07. The number of nitrogens with zero attached hydrogens (tertiary/aromatic N) is 2. The Hall–Kier alpha value is -3.62. The minimum absolute atomic E-state index is 0.0494. The number of para-hydroxylation sites is 1. The third kappa shape index (κ3) is 4.81. The van der Waals surface area contributed by atoms with E-state index in [1.54, 1.807) is 26.0 Å². The molecule has 0 radical (unpaired) electrons. The van der Waals surface area contributed by atoms with Crippen molar-refractivity contribution >= 4 is 28.9 Å². The minimum atomic E-state index is -0.559. The molecule has 0 aliphatic rings. The van der Waals surface area contributed by atoms with Crippen molar-refractivity contribution in [1.82, 2.24) is 9.97 Å². The van der Waals surface area contributed by atoms with Gasteiger partial charge in [-0.05, 0) is 26.0 Å². The number of esters is 2. The second kappa shape index (κ2) is 9.05. The van der Waals surface area contributed by atoms with Crippen molar-refractivity contribution in [3.8, 4) is 5.75 Å². The molecule has 1 aromatic carbocycles. The summed E-state index contributed by atoms with van der Waals surface area (Å²) in [5, 5.41) is 0.285. The summed E-state index contributed by atoms with van der Waals surface area (Å²) >= 11 is 0. The highest BCUT2D eigenvalue weighted by Crippen LogP contribution is 2.29. The quantitative estimate of drug-likeness (QED) is 0.569. The van der Waals surface area contributed by atoms with Gasteiger partial charge in [0.1, 0.15) is 22.9 Å². The summed E-state index contributed by atoms with van der Waals surface area (Å²) < 4.78 is 21.1. The first kappa shape index (κ1) is 20.1. The molecule has 9 heteroatoms. The molecule has 0 amide bonds. The summed E-state index contributed by atoms with van der Waals surface area (Å²) in [5.41, 5.74) is 6.31. The molecule has 0 aliphatic heterocycles. The molecule has 3 rings (SSSR count). The first-order valence-corrected chi connectivity index (χ1v) is 9.05. The van der Waals surface area contributed by atoms with Crippen LogP contribution in [0, 0.1) is 6.92 Å². The van der Waals surface area contributed by atoms with E-state index < -0.39 is 11.9 Å². The van der Waals surface area contributed by atoms with E-state index in [-0.39, 0.29) is 54.5 Å². The lowest BCUT2D eigenvalue weighted by molar-refractivity contribution is -0.145. The number of hydrogen-bond acceptors (Lipinski definition) is 9. The second-order valence-corrected chi connectivity index (χ2v) is 6.03. The third-order valence-electron chi connectivity index (χ3n) is 3.96. The van der Waals surface area contributed by atoms with Crippen molar-refractivity contribution in [2.45, 2.75) is 26.9 Å². The summed E-state index contributed by atoms with van der Waals surface area (Å²) in [6, 6.07) is 9.16. The summed E-state index contributed by atoms with van der Waals surface area (Å²) in [4.78, 5) is 32.3. The lowest BCUT2D eigenvalue weighted by Gasteiger charge is -2.07. The summed E-state index contributed by atoms with van der Waals surface area (Å²) in [6.45, 7) is 3.53. The molecular formula is C20H21N3O6. The number of carbonyl (C=O) groups is 2. The Morgan fingerprint density at radius 2 is 1.90 bits per heavy atom. The lowest BCUT2D eigenvalue weighted by Crippen LogP contribution is -2.12. The normalized spacial score (nSPS) is 10.7. The zero-order chi connectivity index (χ0) is 20.8. The fraction of sp³-hybridized carbons (Fsp3) is 0.300. The number of ether oxygens (including phenoxy) is 3. The minimum Gasteiger partial charge on any atom is -0.493 e. The average Bonchev–Trinajstić information content (AvgIpc) is 3.04. The number of hydrogen-bond donors (Lipinski definition) is 1. The Balaban J connectivity index is 1.62. The summed E-state index contributed by atoms with van der Waals surface area (Å²) in [6.07, 6.45) is 0.0689. The number of aromatic nitrogens is 2. The number of anilines is 1. The maximum absolute atomic E-state index is 12.1. The number of fused-ring (bicyclic) bond motifs is 1. The van der Waals surface area contributed by atoms with Gasteiger partial charge in [0, 0.05) is 0 Å². The number of nitrogens with two attached hydrogens (primary N) is 1. The SMILES string of the molecule is CCOC(=O)c1c(C)oc2nc(COC(=O)CCOc3ccccc3)nc(N)c12. The Kier molecular flexibility index (Phi) is 6.28. The molecule has 2 heterocycles. The predicted octanol–water partition coefficient (Wildman–Crippen LogP) is 2.80. The van der Waals surface area contributed by atoms with E-state index in [1.807, 2.05) is 18.2 Å². The Morgan fingerprint density at radius 3 is 2.62 bits per heavy atom. The van der Waals surface area contributed by atoms with Gasteiger partial charge >= 0.3 is 11.9 Å². The molecule has 29 heavy (non-hydrogen) atoms. The molecular weight excluding hydrogens is 378 g/mol. The van der Waals surface area contributed by atoms with Crippen LogP contribution >= 0.6 is 0 Å². The number of benzene rings is 1. The molecule has 2 N–H and O–H groups in total. The van der Waals surface area contributed by atoms with Crippen LogP contribution in [0.4, 0.5) is 5.82 Å². The number of rotatable bonds is 8. The van der Waals surface area contributed by atoms with Gasteiger partial charge in [-0.15, -0.1) is 0 Å². The van der Waals surface area contributed by atoms with Gasteiger partial charge in [0.15, 0.2) is 12.4 Å². The molecule has 152 valence electrons. The van der Waals surface area contributed by atoms with Gasteiger partial charge in [0.25, 0.3) is 0 Å². The van der Waals surface area contributed by atoms with Crippen molar-refractivity contribution in [3.05, 3.63) is 47.5 Å². The van der Waals surface area contributed by atoms with Crippen LogP contribution < -0.4 is 10.5 Å². The third-order valence-corrected chi connectivity index (χ3v) is 3.96. The smallest absolute Gasteiger partial charge is 0.342 e. The van der Waals surface area contributed by atoms with Crippen molar-refractivity contribution in [1.29, 1.82) is 0 Å². The van der Waals surface area contributed by atoms with Crippen LogP contribution in [0.25, 0.3) is 11.1 Å². The van der Waals surface area contributed by atoms with Crippen molar-refractivity contribution < 1.29 is 28.2 Å². The van der Waals surface area contributed by atoms with Crippen LogP contribution in [-0.4, -0.2) is 35.1 Å². The highest BCUT2D eigenvalue weighted by atomic mass is 16.5. The van der Waals surface area contributed by atoms with E-state index in [1.165, 1.54) is 0 Å². The van der Waals surface area contributed by atoms with Crippen LogP contribution in [0.5, 0.6) is 5.75 Å². The zero-order valence-corrected chi connectivity index (χ0v) is 16.1. The highest BCUT2D eigenvalue weighted by Gasteiger charge is 2.24. The van der Waals surface area contributed by atoms with E-state index in [0.717, 1.165) is 0 Å². The molecule has 0 unspecified atom stereocenters. The number of carbonyl (C=O) groups excluding carboxylic acids is 2. The van der Waals surface area contributed by atoms with Gasteiger partial charge < -0.3 is 24.4 Å². The summed E-state index contributed by atoms with van der Waals surface area (Å²) in [7, 11) is 0. The zero-order valence-electron chi connectivity index (χ0n) is 16.1. The van der Waals surface area contributed by atoms with E-state index in [0.29, 0.717) is 11.5 Å². The molecule has 0 bridgehead atoms. The van der Waals surface area contributed by atoms with Gasteiger partial charge in [-0.25, -0.2) is 9.78 Å². The largest absolute Gasteiger partial charge is 0.493 e. The Bertz CT molecular complexity index is 1020. The van der Waals surface area contributed by atoms with Gasteiger partial charge in [-0.3, -0.25) is 4.79 Å². The first-order valence-electron chi connectivity index (χ1n) is 9.05. The maximum atomic E-state index is 12.1. The molecule has 0 aliphatic carbocycles. The van der Waals surface area contributed by atoms with Crippen LogP contribution in [0.2, 0.25) is 0 Å². The maximum Gasteiger partial charge on any atom is 0.342 e. The Morgan fingerprint density at radius 1 is 1.14 bits per heavy atom. The van der Waals surface area contributed by atoms with Crippen molar-refractivity contribution in [2.75, 3.05) is 18.9 Å². The van der Waals surface area contributed by atoms with Gasteiger partial charge in [-0.2, -0.15) is 4.98 Å². The lowest BCUT2D eigenvalue weighted by atomic mass is 10.2. The molecule has 3 aromatic rings. The number of aryl methyl sites for hydroxylation is 1. The summed E-state index contributed by atoms with van der Waals surface area (Å²) in [5.74, 6) is 0.187. The standard InChI is InChI=1S/C20H21N3O6/c1-3-26-20(25)16-12(2)29-19-17(16)18(21)22-14(23-19)11-28-15(24)9-10-27-13-7-5-4-6-8-13/h4-8H,3,9-11H2,1-2H3,(H2,21,22,23). The fourth-order valence-corrected chi connectivity index (χ4v) is 2.68. The van der Waals surface area contributed by atoms with E-state index in [2.05, 4.69) is 9.97 Å². The monoisotopic (exact) mass is 399 g/mol. The van der Waals surface area contributed by atoms with E-state index in [9.17, 15) is 9.59 Å². The Labute approximate surface area is 166 Å². The molecule has 0 spiro atoms. The van der Waals surface area contributed by atoms with Crippen LogP contribution in [-0.2, 0) is 20.9 Å². The van der Waals surface area contributed by atoms with Crippen LogP contribution in [0.1, 0.15) is 35.3 Å². The topological polar surface area (TPSA) is 127 Å². The molecule has 0 fully saturated rings. The predicted molar refractivity (Wildman–Crippen MR) is 103 cm³/mol. The van der Waals surface area contributed by atoms with Crippen LogP contribution in [0.3, 0.4) is 0 Å². The number of furan rings is 1. The molecule has 0 saturated heterocycles. The fourth-order valence-electron chi connectivity index (χ4n) is 2.68. The second-order valence-electron chi connectivity index (χ2n) is 6.03. The molecule has 0 atom stereocenters. The van der Waals surface area contributed by atoms with Crippen molar-refractivity contribution in [2.24, 2.45) is 0 Å². The van der Waals surface area contributed by atoms with Crippen molar-refractivity contribution in [3.63, 3.8) is 0 Å².